The first-order valence-electron chi connectivity index (χ1n) is 6.79. The molecule has 1 saturated carbocycles. The molecule has 0 bridgehead atoms. The molecule has 1 aromatic heterocycles. The van der Waals surface area contributed by atoms with Crippen LogP contribution >= 0.6 is 0 Å². The van der Waals surface area contributed by atoms with Crippen LogP contribution in [0.3, 0.4) is 0 Å². The molecule has 1 aromatic rings. The maximum Gasteiger partial charge on any atom is 0.204 e. The lowest BCUT2D eigenvalue weighted by atomic mass is 10.1. The molecule has 1 aliphatic rings. The van der Waals surface area contributed by atoms with Crippen LogP contribution in [0.5, 0.6) is 5.75 Å². The van der Waals surface area contributed by atoms with E-state index in [0.717, 1.165) is 32.4 Å². The SMILES string of the molecule is CCNc1ncnc(NCC2CCC(O)C2)c1OC. The van der Waals surface area contributed by atoms with Crippen molar-refractivity contribution < 1.29 is 9.84 Å². The van der Waals surface area contributed by atoms with Gasteiger partial charge in [0.25, 0.3) is 0 Å². The highest BCUT2D eigenvalue weighted by Gasteiger charge is 2.23. The van der Waals surface area contributed by atoms with Crippen molar-refractivity contribution in [2.75, 3.05) is 30.8 Å². The smallest absolute Gasteiger partial charge is 0.204 e. The van der Waals surface area contributed by atoms with Crippen LogP contribution in [0.25, 0.3) is 0 Å². The molecule has 1 heterocycles. The summed E-state index contributed by atoms with van der Waals surface area (Å²) in [4.78, 5) is 8.39. The van der Waals surface area contributed by atoms with Crippen LogP contribution in [-0.2, 0) is 0 Å². The van der Waals surface area contributed by atoms with E-state index >= 15 is 0 Å². The molecular formula is C13H22N4O2. The topological polar surface area (TPSA) is 79.3 Å². The zero-order valence-corrected chi connectivity index (χ0v) is 11.5. The van der Waals surface area contributed by atoms with Crippen molar-refractivity contribution in [1.82, 2.24) is 9.97 Å². The highest BCUT2D eigenvalue weighted by Crippen LogP contribution is 2.30. The first-order chi connectivity index (χ1) is 9.24. The molecule has 0 radical (unpaired) electrons. The number of aliphatic hydroxyl groups is 1. The van der Waals surface area contributed by atoms with Gasteiger partial charge in [-0.2, -0.15) is 0 Å². The Morgan fingerprint density at radius 1 is 1.32 bits per heavy atom. The fourth-order valence-corrected chi connectivity index (χ4v) is 2.46. The first kappa shape index (κ1) is 13.9. The Morgan fingerprint density at radius 3 is 2.63 bits per heavy atom. The number of ether oxygens (including phenoxy) is 1. The van der Waals surface area contributed by atoms with Gasteiger partial charge in [0.1, 0.15) is 6.33 Å². The minimum atomic E-state index is -0.142. The fraction of sp³-hybridized carbons (Fsp3) is 0.692. The number of aliphatic hydroxyl groups excluding tert-OH is 1. The molecule has 19 heavy (non-hydrogen) atoms. The van der Waals surface area contributed by atoms with Crippen molar-refractivity contribution in [3.8, 4) is 5.75 Å². The summed E-state index contributed by atoms with van der Waals surface area (Å²) < 4.78 is 5.37. The molecule has 0 spiro atoms. The van der Waals surface area contributed by atoms with Gasteiger partial charge >= 0.3 is 0 Å². The van der Waals surface area contributed by atoms with Crippen LogP contribution in [0.1, 0.15) is 26.2 Å². The standard InChI is InChI=1S/C13H22N4O2/c1-3-14-12-11(19-2)13(17-8-16-12)15-7-9-4-5-10(18)6-9/h8-10,18H,3-7H2,1-2H3,(H2,14,15,16,17). The quantitative estimate of drug-likeness (QED) is 0.724. The molecule has 6 heteroatoms. The first-order valence-corrected chi connectivity index (χ1v) is 6.79. The number of hydrogen-bond donors (Lipinski definition) is 3. The Bertz CT molecular complexity index is 414. The van der Waals surface area contributed by atoms with Crippen LogP contribution in [0.2, 0.25) is 0 Å². The average molecular weight is 266 g/mol. The zero-order chi connectivity index (χ0) is 13.7. The number of nitrogens with zero attached hydrogens (tertiary/aromatic N) is 2. The summed E-state index contributed by atoms with van der Waals surface area (Å²) in [5.74, 6) is 2.55. The van der Waals surface area contributed by atoms with Crippen molar-refractivity contribution in [2.45, 2.75) is 32.3 Å². The molecule has 0 aliphatic heterocycles. The van der Waals surface area contributed by atoms with Crippen LogP contribution < -0.4 is 15.4 Å². The third kappa shape index (κ3) is 3.47. The van der Waals surface area contributed by atoms with Gasteiger partial charge in [0.2, 0.25) is 5.75 Å². The maximum atomic E-state index is 9.52. The normalized spacial score (nSPS) is 22.3. The van der Waals surface area contributed by atoms with Crippen molar-refractivity contribution in [3.63, 3.8) is 0 Å². The van der Waals surface area contributed by atoms with Gasteiger partial charge in [-0.1, -0.05) is 0 Å². The molecule has 0 aromatic carbocycles. The largest absolute Gasteiger partial charge is 0.490 e. The van der Waals surface area contributed by atoms with E-state index < -0.39 is 0 Å². The van der Waals surface area contributed by atoms with Gasteiger partial charge in [0.05, 0.1) is 13.2 Å². The predicted molar refractivity (Wildman–Crippen MR) is 74.6 cm³/mol. The Hall–Kier alpha value is -1.56. The van der Waals surface area contributed by atoms with E-state index in [0.29, 0.717) is 23.3 Å². The van der Waals surface area contributed by atoms with E-state index in [-0.39, 0.29) is 6.10 Å². The second kappa shape index (κ2) is 6.56. The molecule has 0 amide bonds. The predicted octanol–water partition coefficient (Wildman–Crippen LogP) is 1.49. The lowest BCUT2D eigenvalue weighted by molar-refractivity contribution is 0.178. The van der Waals surface area contributed by atoms with E-state index in [2.05, 4.69) is 20.6 Å². The van der Waals surface area contributed by atoms with Crippen molar-refractivity contribution >= 4 is 11.6 Å². The number of rotatable bonds is 6. The summed E-state index contributed by atoms with van der Waals surface area (Å²) in [5.41, 5.74) is 0. The Kier molecular flexibility index (Phi) is 4.79. The number of methoxy groups -OCH3 is 1. The lowest BCUT2D eigenvalue weighted by Gasteiger charge is -2.15. The minimum absolute atomic E-state index is 0.142. The van der Waals surface area contributed by atoms with Gasteiger partial charge < -0.3 is 20.5 Å². The highest BCUT2D eigenvalue weighted by molar-refractivity contribution is 5.63. The van der Waals surface area contributed by atoms with Crippen LogP contribution in [0.4, 0.5) is 11.6 Å². The van der Waals surface area contributed by atoms with E-state index in [4.69, 9.17) is 4.74 Å². The molecule has 1 fully saturated rings. The Morgan fingerprint density at radius 2 is 2.05 bits per heavy atom. The molecule has 1 aliphatic carbocycles. The van der Waals surface area contributed by atoms with E-state index in [1.54, 1.807) is 7.11 Å². The van der Waals surface area contributed by atoms with E-state index in [1.165, 1.54) is 6.33 Å². The Labute approximate surface area is 113 Å². The summed E-state index contributed by atoms with van der Waals surface area (Å²) in [6.07, 6.45) is 4.20. The number of aromatic nitrogens is 2. The molecule has 2 unspecified atom stereocenters. The fourth-order valence-electron chi connectivity index (χ4n) is 2.46. The molecule has 2 atom stereocenters. The minimum Gasteiger partial charge on any atom is -0.490 e. The van der Waals surface area contributed by atoms with Crippen LogP contribution in [0, 0.1) is 5.92 Å². The molecular weight excluding hydrogens is 244 g/mol. The number of nitrogens with one attached hydrogen (secondary N) is 2. The summed E-state index contributed by atoms with van der Waals surface area (Å²) in [7, 11) is 1.62. The van der Waals surface area contributed by atoms with Gasteiger partial charge in [0, 0.05) is 13.1 Å². The Balaban J connectivity index is 2.00. The van der Waals surface area contributed by atoms with Gasteiger partial charge in [-0.15, -0.1) is 0 Å². The van der Waals surface area contributed by atoms with Crippen LogP contribution in [-0.4, -0.2) is 41.4 Å². The van der Waals surface area contributed by atoms with Gasteiger partial charge in [-0.3, -0.25) is 0 Å². The number of anilines is 2. The molecule has 3 N–H and O–H groups in total. The van der Waals surface area contributed by atoms with Gasteiger partial charge in [0.15, 0.2) is 11.6 Å². The summed E-state index contributed by atoms with van der Waals surface area (Å²) >= 11 is 0. The maximum absolute atomic E-state index is 9.52. The van der Waals surface area contributed by atoms with Gasteiger partial charge in [-0.25, -0.2) is 9.97 Å². The number of hydrogen-bond acceptors (Lipinski definition) is 6. The van der Waals surface area contributed by atoms with Crippen LogP contribution in [0.15, 0.2) is 6.33 Å². The van der Waals surface area contributed by atoms with E-state index in [1.807, 2.05) is 6.92 Å². The van der Waals surface area contributed by atoms with E-state index in [9.17, 15) is 5.11 Å². The second-order valence-corrected chi connectivity index (χ2v) is 4.85. The zero-order valence-electron chi connectivity index (χ0n) is 11.5. The van der Waals surface area contributed by atoms with Crippen molar-refractivity contribution in [2.24, 2.45) is 5.92 Å². The van der Waals surface area contributed by atoms with Crippen molar-refractivity contribution in [1.29, 1.82) is 0 Å². The van der Waals surface area contributed by atoms with Gasteiger partial charge in [-0.05, 0) is 32.1 Å². The molecule has 106 valence electrons. The average Bonchev–Trinajstić information content (AvgIpc) is 2.83. The summed E-state index contributed by atoms with van der Waals surface area (Å²) in [6, 6.07) is 0. The second-order valence-electron chi connectivity index (χ2n) is 4.85. The monoisotopic (exact) mass is 266 g/mol. The van der Waals surface area contributed by atoms with Crippen molar-refractivity contribution in [3.05, 3.63) is 6.33 Å². The molecule has 2 rings (SSSR count). The third-order valence-corrected chi connectivity index (χ3v) is 3.42. The molecule has 6 nitrogen and oxygen atoms in total. The third-order valence-electron chi connectivity index (χ3n) is 3.42. The highest BCUT2D eigenvalue weighted by atomic mass is 16.5. The summed E-state index contributed by atoms with van der Waals surface area (Å²) in [5, 5.41) is 16.0. The molecule has 0 saturated heterocycles. The summed E-state index contributed by atoms with van der Waals surface area (Å²) in [6.45, 7) is 3.59. The lowest BCUT2D eigenvalue weighted by Crippen LogP contribution is -2.15.